The Morgan fingerprint density at radius 3 is 0.993 bits per heavy atom. The summed E-state index contributed by atoms with van der Waals surface area (Å²) in [6, 6.07) is 51.3. The van der Waals surface area contributed by atoms with Gasteiger partial charge in [-0.3, -0.25) is 58.7 Å². The molecule has 0 N–H and O–H groups in total. The maximum atomic E-state index is 13.8. The van der Waals surface area contributed by atoms with E-state index in [0.717, 1.165) is 142 Å². The molecule has 142 heavy (non-hydrogen) atoms. The second kappa shape index (κ2) is 41.4. The number of methoxy groups -OCH3 is 3. The molecule has 10 aromatic carbocycles. The Morgan fingerprint density at radius 2 is 0.599 bits per heavy atom. The second-order valence-corrected chi connectivity index (χ2v) is 38.5. The van der Waals surface area contributed by atoms with E-state index in [1.807, 2.05) is 149 Å². The molecule has 22 rings (SSSR count). The predicted molar refractivity (Wildman–Crippen MR) is 549 cm³/mol. The summed E-state index contributed by atoms with van der Waals surface area (Å²) in [6.07, 6.45) is 26.0. The van der Waals surface area contributed by atoms with Gasteiger partial charge in [-0.1, -0.05) is 102 Å². The zero-order valence-corrected chi connectivity index (χ0v) is 81.9. The number of ether oxygens (including phenoxy) is 9. The Balaban J connectivity index is 0.000000131. The van der Waals surface area contributed by atoms with Gasteiger partial charge >= 0.3 is 0 Å². The molecular weight excluding hydrogens is 1790 g/mol. The minimum Gasteiger partial charge on any atom is -0.493 e. The molecule has 12 aliphatic rings. The van der Waals surface area contributed by atoms with E-state index in [2.05, 4.69) is 104 Å². The molecule has 27 nitrogen and oxygen atoms in total. The van der Waals surface area contributed by atoms with E-state index in [1.165, 1.54) is 50.1 Å². The largest absolute Gasteiger partial charge is 0.493 e. The lowest BCUT2D eigenvalue weighted by Crippen LogP contribution is -2.44. The van der Waals surface area contributed by atoms with Crippen LogP contribution in [-0.4, -0.2) is 212 Å². The summed E-state index contributed by atoms with van der Waals surface area (Å²) in [5.41, 5.74) is 23.1. The van der Waals surface area contributed by atoms with Crippen molar-refractivity contribution in [1.29, 1.82) is 0 Å². The zero-order valence-electron chi connectivity index (χ0n) is 81.9. The standard InChI is InChI=1S/C42H40N4O5.C37H40N4O5.C36H38N4O5/c1-25-6-9-28(10-7-25)31-17-33-22-43-36-19-38(27(3)15-34(36)41(47)46(33)24-31)50-12-5-13-51-40-20-37-35(18-39(40)49-4)42(48)45-23-30-14-26(2)8-11-29(30)16-32(45)21-44-37;1-23-9-10-25-16-28-21-39-32-19-35(34(44-3)17-30(32)37(43)41(28)22-26(25)14-23)46-13-6-4-5-12-45-33-18-31-29(15-24(33)2)36(42)40-11-7-8-27(40)20-38-31;1-23-15-28-30(37-20-26-11-8-12-39(26)35(28)41)18-32(23)44-13-6-3-7-14-45-34-19-31-29(17-33(34)43-2)36(42)40-22-25-10-5-4-9-24(25)16-27(40)21-38-31/h6-11,14-15,18-22,24,32-33H,5,12-13,16-17,23H2,1-4H3;9-10,14-15,17-21,27-28H,4-8,11-13,16,22H2,1-3H3;4-5,9-10,15,17-21,26-27H,3,6-8,11-14,16,22H2,1-2H3/t32-,33-;27-,28-;26-,27-/m000/s1. The number of aliphatic imine (C=N–C) groups is 6. The number of carbonyl (C=O) groups excluding carboxylic acids is 6. The van der Waals surface area contributed by atoms with Gasteiger partial charge in [-0.25, -0.2) is 0 Å². The first-order valence-electron chi connectivity index (χ1n) is 49.7. The van der Waals surface area contributed by atoms with Crippen LogP contribution in [0.3, 0.4) is 0 Å². The van der Waals surface area contributed by atoms with Crippen LogP contribution in [0.15, 0.2) is 194 Å². The average molecular weight is 1910 g/mol. The van der Waals surface area contributed by atoms with Crippen molar-refractivity contribution in [2.24, 2.45) is 30.0 Å². The van der Waals surface area contributed by atoms with Crippen LogP contribution in [-0.2, 0) is 38.9 Å². The van der Waals surface area contributed by atoms with Gasteiger partial charge in [0, 0.05) is 125 Å². The number of hydrogen-bond donors (Lipinski definition) is 0. The Hall–Kier alpha value is -15.0. The lowest BCUT2D eigenvalue weighted by molar-refractivity contribution is 0.0696. The Labute approximate surface area is 827 Å². The Bertz CT molecular complexity index is 6880. The molecule has 0 spiro atoms. The third-order valence-electron chi connectivity index (χ3n) is 28.8. The average Bonchev–Trinajstić information content (AvgIpc) is 1.53. The third-order valence-corrected chi connectivity index (χ3v) is 28.8. The molecule has 2 saturated heterocycles. The number of benzene rings is 10. The molecule has 0 saturated carbocycles. The first-order valence-corrected chi connectivity index (χ1v) is 49.7. The van der Waals surface area contributed by atoms with Gasteiger partial charge in [0.25, 0.3) is 35.4 Å². The highest BCUT2D eigenvalue weighted by Crippen LogP contribution is 2.46. The highest BCUT2D eigenvalue weighted by Gasteiger charge is 2.41. The molecule has 0 aliphatic carbocycles. The van der Waals surface area contributed by atoms with Crippen LogP contribution < -0.4 is 42.6 Å². The smallest absolute Gasteiger partial charge is 0.260 e. The molecule has 6 atom stereocenters. The first kappa shape index (κ1) is 94.6. The number of fused-ring (bicyclic) bond motifs is 15. The van der Waals surface area contributed by atoms with Crippen LogP contribution in [0.2, 0.25) is 0 Å². The highest BCUT2D eigenvalue weighted by atomic mass is 16.5. The van der Waals surface area contributed by atoms with E-state index in [9.17, 15) is 28.8 Å². The lowest BCUT2D eigenvalue weighted by Gasteiger charge is -2.34. The van der Waals surface area contributed by atoms with Crippen molar-refractivity contribution < 1.29 is 71.4 Å². The molecule has 0 unspecified atom stereocenters. The molecule has 0 aromatic heterocycles. The molecule has 0 bridgehead atoms. The fraction of sp³-hybridized carbons (Fsp3) is 0.357. The fourth-order valence-corrected chi connectivity index (χ4v) is 20.9. The number of nitrogens with zero attached hydrogens (tertiary/aromatic N) is 12. The van der Waals surface area contributed by atoms with Crippen molar-refractivity contribution in [2.45, 2.75) is 194 Å². The maximum Gasteiger partial charge on any atom is 0.260 e. The molecule has 6 amide bonds. The summed E-state index contributed by atoms with van der Waals surface area (Å²) < 4.78 is 53.7. The Kier molecular flexibility index (Phi) is 27.6. The van der Waals surface area contributed by atoms with Gasteiger partial charge in [0.15, 0.2) is 34.5 Å². The van der Waals surface area contributed by atoms with E-state index in [1.54, 1.807) is 50.5 Å². The second-order valence-electron chi connectivity index (χ2n) is 38.5. The predicted octanol–water partition coefficient (Wildman–Crippen LogP) is 20.5. The molecule has 12 heterocycles. The minimum atomic E-state index is -0.125. The van der Waals surface area contributed by atoms with Crippen molar-refractivity contribution in [3.05, 3.63) is 270 Å². The summed E-state index contributed by atoms with van der Waals surface area (Å²) in [7, 11) is 4.75. The van der Waals surface area contributed by atoms with E-state index >= 15 is 0 Å². The molecule has 12 aliphatic heterocycles. The van der Waals surface area contributed by atoms with Gasteiger partial charge in [0.1, 0.15) is 17.2 Å². The number of aryl methyl sites for hydroxylation is 6. The van der Waals surface area contributed by atoms with Crippen LogP contribution in [0.5, 0.6) is 51.7 Å². The molecule has 10 aromatic rings. The van der Waals surface area contributed by atoms with Gasteiger partial charge in [-0.15, -0.1) is 0 Å². The normalized spacial score (nSPS) is 19.2. The number of rotatable bonds is 26. The van der Waals surface area contributed by atoms with Gasteiger partial charge in [-0.2, -0.15) is 0 Å². The first-order chi connectivity index (χ1) is 69.1. The van der Waals surface area contributed by atoms with Crippen LogP contribution in [0.4, 0.5) is 34.1 Å². The SMILES string of the molecule is COc1cc2c(cc1OCCCCCOc1cc3c(cc1C)C(=O)N1CCC[C@H]1C=N3)N=C[C@@H]1Cc3ccc(C)cc3CN1C2=O.COc1cc2c(cc1OCCCCCOc1cc3c(cc1C)C(=O)N1CCC[C@H]1C=N3)N=C[C@@H]1Cc3ccccc3CN1C2=O.COc1cc2c(cc1OCCCOc1cc3c(cc1C)C(=O)N1C=C(c4ccc(C)cc4)C[C@H]1C=N3)N=C[C@@H]1Cc3ccc(C)cc3CN1C2=O. The van der Waals surface area contributed by atoms with Gasteiger partial charge in [0.05, 0.1) is 165 Å². The van der Waals surface area contributed by atoms with Gasteiger partial charge in [-0.05, 0) is 223 Å². The number of carbonyl (C=O) groups is 6. The van der Waals surface area contributed by atoms with Crippen molar-refractivity contribution in [2.75, 3.05) is 74.1 Å². The quantitative estimate of drug-likeness (QED) is 0.0456. The monoisotopic (exact) mass is 1910 g/mol. The van der Waals surface area contributed by atoms with Crippen molar-refractivity contribution in [3.8, 4) is 51.7 Å². The molecule has 27 heteroatoms. The summed E-state index contributed by atoms with van der Waals surface area (Å²) in [5, 5.41) is 0. The maximum absolute atomic E-state index is 13.8. The summed E-state index contributed by atoms with van der Waals surface area (Å²) >= 11 is 0. The van der Waals surface area contributed by atoms with Gasteiger partial charge < -0.3 is 72.0 Å². The number of unbranched alkanes of at least 4 members (excludes halogenated alkanes) is 4. The van der Waals surface area contributed by atoms with Crippen LogP contribution in [0.25, 0.3) is 5.57 Å². The summed E-state index contributed by atoms with van der Waals surface area (Å²) in [5.74, 6) is 5.33. The third kappa shape index (κ3) is 19.7. The minimum absolute atomic E-state index is 0.0436. The number of hydrogen-bond acceptors (Lipinski definition) is 21. The summed E-state index contributed by atoms with van der Waals surface area (Å²) in [6.45, 7) is 18.3. The molecular formula is C115H118N12O15. The lowest BCUT2D eigenvalue weighted by atomic mass is 9.93. The van der Waals surface area contributed by atoms with E-state index < -0.39 is 0 Å². The van der Waals surface area contributed by atoms with Crippen molar-refractivity contribution >= 4 is 112 Å². The van der Waals surface area contributed by atoms with Crippen molar-refractivity contribution in [3.63, 3.8) is 0 Å². The van der Waals surface area contributed by atoms with E-state index in [0.29, 0.717) is 173 Å². The van der Waals surface area contributed by atoms with Gasteiger partial charge in [0.2, 0.25) is 0 Å². The highest BCUT2D eigenvalue weighted by molar-refractivity contribution is 6.09. The van der Waals surface area contributed by atoms with Crippen LogP contribution in [0.1, 0.15) is 212 Å². The fourth-order valence-electron chi connectivity index (χ4n) is 20.9. The number of amides is 6. The topological polar surface area (TPSA) is 279 Å². The van der Waals surface area contributed by atoms with Crippen LogP contribution >= 0.6 is 0 Å². The summed E-state index contributed by atoms with van der Waals surface area (Å²) in [4.78, 5) is 120. The zero-order chi connectivity index (χ0) is 97.9. The molecule has 2 fully saturated rings. The van der Waals surface area contributed by atoms with Crippen LogP contribution in [0, 0.1) is 41.5 Å². The Morgan fingerprint density at radius 1 is 0.282 bits per heavy atom. The molecule has 0 radical (unpaired) electrons. The molecule has 728 valence electrons. The van der Waals surface area contributed by atoms with E-state index in [-0.39, 0.29) is 71.7 Å². The van der Waals surface area contributed by atoms with E-state index in [4.69, 9.17) is 62.6 Å². The van der Waals surface area contributed by atoms with Crippen molar-refractivity contribution in [1.82, 2.24) is 29.4 Å².